The van der Waals surface area contributed by atoms with Gasteiger partial charge in [-0.3, -0.25) is 9.36 Å². The van der Waals surface area contributed by atoms with Gasteiger partial charge in [0.2, 0.25) is 0 Å². The second-order valence-electron chi connectivity index (χ2n) is 9.00. The molecular weight excluding hydrogens is 548 g/mol. The van der Waals surface area contributed by atoms with Crippen molar-refractivity contribution in [2.45, 2.75) is 19.9 Å². The molecule has 1 N–H and O–H groups in total. The normalized spacial score (nSPS) is 14.8. The molecule has 41 heavy (non-hydrogen) atoms. The molecule has 3 heterocycles. The van der Waals surface area contributed by atoms with Crippen LogP contribution in [-0.2, 0) is 9.53 Å². The SMILES string of the molecule is CCOC(=O)C1=C(C)N=c2s/c(=C\c3ccc(-c4ccc(C(=O)O)cc4)o3)c(=O)n2C1c1ccc(OC)c(OC)c1. The number of carbonyl (C=O) groups is 2. The molecule has 0 fully saturated rings. The molecule has 1 atom stereocenters. The van der Waals surface area contributed by atoms with E-state index in [1.807, 2.05) is 0 Å². The first-order valence-corrected chi connectivity index (χ1v) is 13.4. The minimum Gasteiger partial charge on any atom is -0.493 e. The van der Waals surface area contributed by atoms with E-state index in [0.717, 1.165) is 0 Å². The van der Waals surface area contributed by atoms with Crippen molar-refractivity contribution < 1.29 is 33.3 Å². The van der Waals surface area contributed by atoms with Gasteiger partial charge >= 0.3 is 11.9 Å². The van der Waals surface area contributed by atoms with Crippen LogP contribution in [0.25, 0.3) is 17.4 Å². The van der Waals surface area contributed by atoms with Crippen molar-refractivity contribution in [1.29, 1.82) is 0 Å². The third-order valence-electron chi connectivity index (χ3n) is 6.56. The molecule has 1 unspecified atom stereocenters. The topological polar surface area (TPSA) is 130 Å². The van der Waals surface area contributed by atoms with Gasteiger partial charge in [0.05, 0.1) is 48.2 Å². The number of carboxylic acids is 1. The largest absolute Gasteiger partial charge is 0.493 e. The molecule has 0 aliphatic carbocycles. The number of carboxylic acid groups (broad SMARTS) is 1. The molecule has 2 aromatic heterocycles. The summed E-state index contributed by atoms with van der Waals surface area (Å²) in [6.45, 7) is 3.59. The van der Waals surface area contributed by atoms with Crippen molar-refractivity contribution in [3.8, 4) is 22.8 Å². The third kappa shape index (κ3) is 5.19. The number of aromatic nitrogens is 1. The summed E-state index contributed by atoms with van der Waals surface area (Å²) in [6, 6.07) is 14.2. The maximum atomic E-state index is 13.8. The van der Waals surface area contributed by atoms with E-state index in [-0.39, 0.29) is 23.3 Å². The van der Waals surface area contributed by atoms with E-state index in [4.69, 9.17) is 23.7 Å². The molecule has 210 valence electrons. The zero-order valence-corrected chi connectivity index (χ0v) is 23.5. The summed E-state index contributed by atoms with van der Waals surface area (Å²) in [7, 11) is 3.04. The summed E-state index contributed by atoms with van der Waals surface area (Å²) in [4.78, 5) is 43.1. The lowest BCUT2D eigenvalue weighted by Gasteiger charge is -2.25. The Kier molecular flexibility index (Phi) is 7.62. The summed E-state index contributed by atoms with van der Waals surface area (Å²) >= 11 is 1.17. The van der Waals surface area contributed by atoms with Crippen LogP contribution in [-0.4, -0.2) is 42.4 Å². The maximum Gasteiger partial charge on any atom is 0.338 e. The van der Waals surface area contributed by atoms with E-state index < -0.39 is 18.0 Å². The molecule has 0 amide bonds. The van der Waals surface area contributed by atoms with Gasteiger partial charge in [-0.15, -0.1) is 0 Å². The Balaban J connectivity index is 1.62. The summed E-state index contributed by atoms with van der Waals surface area (Å²) in [6.07, 6.45) is 1.62. The number of furan rings is 1. The van der Waals surface area contributed by atoms with Crippen LogP contribution in [0.15, 0.2) is 80.1 Å². The molecule has 1 aliphatic heterocycles. The number of ether oxygens (including phenoxy) is 3. The molecule has 0 saturated carbocycles. The van der Waals surface area contributed by atoms with Crippen LogP contribution in [0.3, 0.4) is 0 Å². The van der Waals surface area contributed by atoms with Crippen LogP contribution in [0.5, 0.6) is 11.5 Å². The van der Waals surface area contributed by atoms with Crippen LogP contribution >= 0.6 is 11.3 Å². The van der Waals surface area contributed by atoms with Crippen molar-refractivity contribution in [1.82, 2.24) is 4.57 Å². The highest BCUT2D eigenvalue weighted by Crippen LogP contribution is 2.36. The van der Waals surface area contributed by atoms with Crippen LogP contribution in [0.4, 0.5) is 0 Å². The van der Waals surface area contributed by atoms with Gasteiger partial charge in [0.25, 0.3) is 5.56 Å². The van der Waals surface area contributed by atoms with Crippen LogP contribution in [0.1, 0.15) is 41.6 Å². The van der Waals surface area contributed by atoms with Crippen molar-refractivity contribution in [2.24, 2.45) is 4.99 Å². The van der Waals surface area contributed by atoms with Crippen molar-refractivity contribution in [2.75, 3.05) is 20.8 Å². The fourth-order valence-corrected chi connectivity index (χ4v) is 5.65. The highest BCUT2D eigenvalue weighted by Gasteiger charge is 2.34. The van der Waals surface area contributed by atoms with Crippen LogP contribution < -0.4 is 24.4 Å². The second kappa shape index (κ2) is 11.3. The average molecular weight is 575 g/mol. The number of thiazole rings is 1. The fraction of sp³-hybridized carbons (Fsp3) is 0.200. The lowest BCUT2D eigenvalue weighted by atomic mass is 9.95. The van der Waals surface area contributed by atoms with Gasteiger partial charge in [-0.2, -0.15) is 0 Å². The Labute approximate surface area is 238 Å². The van der Waals surface area contributed by atoms with Gasteiger partial charge < -0.3 is 23.7 Å². The lowest BCUT2D eigenvalue weighted by Crippen LogP contribution is -2.39. The standard InChI is InChI=1S/C30H26N2O8S/c1-5-39-29(36)25-16(2)31-30-32(26(25)19-10-12-22(37-3)23(14-19)38-4)27(33)24(41-30)15-20-11-13-21(40-20)17-6-8-18(9-7-17)28(34)35/h6-15,26H,5H2,1-4H3,(H,34,35)/b24-15-. The van der Waals surface area contributed by atoms with E-state index in [2.05, 4.69) is 4.99 Å². The van der Waals surface area contributed by atoms with Gasteiger partial charge in [0.15, 0.2) is 16.3 Å². The van der Waals surface area contributed by atoms with Crippen molar-refractivity contribution in [3.05, 3.63) is 102 Å². The van der Waals surface area contributed by atoms with Gasteiger partial charge in [-0.05, 0) is 55.8 Å². The molecule has 0 bridgehead atoms. The summed E-state index contributed by atoms with van der Waals surface area (Å²) in [5.41, 5.74) is 1.83. The van der Waals surface area contributed by atoms with E-state index in [9.17, 15) is 14.4 Å². The molecule has 2 aromatic carbocycles. The zero-order chi connectivity index (χ0) is 29.3. The van der Waals surface area contributed by atoms with Gasteiger partial charge in [-0.1, -0.05) is 29.5 Å². The quantitative estimate of drug-likeness (QED) is 0.315. The number of hydrogen-bond donors (Lipinski definition) is 1. The van der Waals surface area contributed by atoms with Gasteiger partial charge in [0, 0.05) is 11.6 Å². The summed E-state index contributed by atoms with van der Waals surface area (Å²) in [5, 5.41) is 9.13. The van der Waals surface area contributed by atoms with E-state index >= 15 is 0 Å². The molecular formula is C30H26N2O8S. The molecule has 0 spiro atoms. The van der Waals surface area contributed by atoms with E-state index in [1.54, 1.807) is 62.4 Å². The number of aromatic carboxylic acids is 1. The minimum atomic E-state index is -1.01. The minimum absolute atomic E-state index is 0.165. The Bertz CT molecular complexity index is 1860. The molecule has 5 rings (SSSR count). The first-order valence-electron chi connectivity index (χ1n) is 12.6. The molecule has 10 nitrogen and oxygen atoms in total. The predicted octanol–water partition coefficient (Wildman–Crippen LogP) is 3.77. The Morgan fingerprint density at radius 2 is 1.80 bits per heavy atom. The number of fused-ring (bicyclic) bond motifs is 1. The fourth-order valence-electron chi connectivity index (χ4n) is 4.62. The lowest BCUT2D eigenvalue weighted by molar-refractivity contribution is -0.139. The summed E-state index contributed by atoms with van der Waals surface area (Å²) < 4.78 is 24.0. The highest BCUT2D eigenvalue weighted by atomic mass is 32.1. The molecule has 1 aliphatic rings. The number of rotatable bonds is 8. The molecule has 11 heteroatoms. The first kappa shape index (κ1) is 27.7. The number of benzene rings is 2. The average Bonchev–Trinajstić information content (AvgIpc) is 3.56. The smallest absolute Gasteiger partial charge is 0.338 e. The second-order valence-corrected chi connectivity index (χ2v) is 10.0. The Hall–Kier alpha value is -4.90. The Morgan fingerprint density at radius 1 is 1.07 bits per heavy atom. The number of allylic oxidation sites excluding steroid dienone is 1. The number of methoxy groups -OCH3 is 2. The molecule has 4 aromatic rings. The van der Waals surface area contributed by atoms with Gasteiger partial charge in [0.1, 0.15) is 11.5 Å². The van der Waals surface area contributed by atoms with Crippen molar-refractivity contribution >= 4 is 29.4 Å². The van der Waals surface area contributed by atoms with Crippen LogP contribution in [0, 0.1) is 0 Å². The monoisotopic (exact) mass is 574 g/mol. The van der Waals surface area contributed by atoms with E-state index in [0.29, 0.717) is 49.2 Å². The predicted molar refractivity (Wildman–Crippen MR) is 151 cm³/mol. The zero-order valence-electron chi connectivity index (χ0n) is 22.7. The number of nitrogens with zero attached hydrogens (tertiary/aromatic N) is 2. The number of hydrogen-bond acceptors (Lipinski definition) is 9. The number of esters is 1. The summed E-state index contributed by atoms with van der Waals surface area (Å²) in [5.74, 6) is 0.325. The maximum absolute atomic E-state index is 13.8. The molecule has 0 radical (unpaired) electrons. The van der Waals surface area contributed by atoms with Gasteiger partial charge in [-0.25, -0.2) is 14.6 Å². The van der Waals surface area contributed by atoms with Crippen LogP contribution in [0.2, 0.25) is 0 Å². The number of carbonyl (C=O) groups excluding carboxylic acids is 1. The first-order chi connectivity index (χ1) is 19.7. The highest BCUT2D eigenvalue weighted by molar-refractivity contribution is 7.07. The molecule has 0 saturated heterocycles. The van der Waals surface area contributed by atoms with Crippen molar-refractivity contribution in [3.63, 3.8) is 0 Å². The Morgan fingerprint density at radius 3 is 2.46 bits per heavy atom. The third-order valence-corrected chi connectivity index (χ3v) is 7.54. The van der Waals surface area contributed by atoms with E-state index in [1.165, 1.54) is 42.3 Å².